The summed E-state index contributed by atoms with van der Waals surface area (Å²) in [6.45, 7) is 0.813. The lowest BCUT2D eigenvalue weighted by molar-refractivity contribution is -0.274. The van der Waals surface area contributed by atoms with Crippen LogP contribution in [-0.2, 0) is 11.3 Å². The molecule has 40 heavy (non-hydrogen) atoms. The molecule has 4 heterocycles. The highest BCUT2D eigenvalue weighted by atomic mass is 32.1. The molecule has 0 radical (unpaired) electrons. The summed E-state index contributed by atoms with van der Waals surface area (Å²) in [6, 6.07) is 13.4. The minimum atomic E-state index is -4.76. The lowest BCUT2D eigenvalue weighted by atomic mass is 9.83. The molecule has 206 valence electrons. The number of aliphatic carboxylic acids is 1. The molecule has 2 aromatic carbocycles. The van der Waals surface area contributed by atoms with Gasteiger partial charge >= 0.3 is 12.3 Å². The Kier molecular flexibility index (Phi) is 6.37. The van der Waals surface area contributed by atoms with Crippen LogP contribution in [0.5, 0.6) is 11.5 Å². The highest BCUT2D eigenvalue weighted by molar-refractivity contribution is 7.18. The van der Waals surface area contributed by atoms with E-state index < -0.39 is 24.5 Å². The number of anilines is 1. The second-order valence-corrected chi connectivity index (χ2v) is 10.2. The van der Waals surface area contributed by atoms with E-state index in [9.17, 15) is 18.0 Å². The first-order valence-corrected chi connectivity index (χ1v) is 12.9. The predicted molar refractivity (Wildman–Crippen MR) is 136 cm³/mol. The number of hydrogen-bond acceptors (Lipinski definition) is 10. The van der Waals surface area contributed by atoms with Gasteiger partial charge in [-0.1, -0.05) is 41.7 Å². The smallest absolute Gasteiger partial charge is 0.482 e. The molecule has 0 bridgehead atoms. The maximum absolute atomic E-state index is 12.6. The van der Waals surface area contributed by atoms with E-state index in [2.05, 4.69) is 41.3 Å². The predicted octanol–water partition coefficient (Wildman–Crippen LogP) is 4.04. The van der Waals surface area contributed by atoms with E-state index in [1.54, 1.807) is 12.1 Å². The number of ether oxygens (including phenoxy) is 2. The van der Waals surface area contributed by atoms with Gasteiger partial charge in [-0.25, -0.2) is 0 Å². The summed E-state index contributed by atoms with van der Waals surface area (Å²) in [6.07, 6.45) is -1.44. The van der Waals surface area contributed by atoms with Crippen LogP contribution in [0.1, 0.15) is 24.0 Å². The SMILES string of the molecule is O=C(O)Cn1nnc(-c2nnc(N3CCC4(C=C(c5ccc(OC(F)(F)F)cc5)c5ccccc5O4)CC3)s2)n1. The van der Waals surface area contributed by atoms with Crippen LogP contribution in [-0.4, -0.2) is 66.5 Å². The van der Waals surface area contributed by atoms with Crippen molar-refractivity contribution in [1.82, 2.24) is 30.4 Å². The zero-order chi connectivity index (χ0) is 27.9. The van der Waals surface area contributed by atoms with Crippen molar-refractivity contribution in [3.8, 4) is 22.3 Å². The molecular formula is C25H20F3N7O4S. The summed E-state index contributed by atoms with van der Waals surface area (Å²) in [7, 11) is 0. The molecule has 0 unspecified atom stereocenters. The number of nitrogens with zero attached hydrogens (tertiary/aromatic N) is 7. The number of hydrogen-bond donors (Lipinski definition) is 1. The van der Waals surface area contributed by atoms with Gasteiger partial charge in [0.1, 0.15) is 17.1 Å². The Bertz CT molecular complexity index is 1580. The first-order valence-electron chi connectivity index (χ1n) is 12.1. The summed E-state index contributed by atoms with van der Waals surface area (Å²) < 4.78 is 48.4. The molecule has 0 atom stereocenters. The molecule has 1 spiro atoms. The van der Waals surface area contributed by atoms with Crippen molar-refractivity contribution in [3.63, 3.8) is 0 Å². The molecule has 2 aromatic heterocycles. The van der Waals surface area contributed by atoms with Crippen LogP contribution in [0.15, 0.2) is 54.6 Å². The minimum Gasteiger partial charge on any atom is -0.482 e. The molecule has 0 amide bonds. The van der Waals surface area contributed by atoms with Gasteiger partial charge in [0.05, 0.1) is 0 Å². The number of carboxylic acids is 1. The van der Waals surface area contributed by atoms with Gasteiger partial charge in [0.15, 0.2) is 11.6 Å². The van der Waals surface area contributed by atoms with Gasteiger partial charge in [0.2, 0.25) is 11.0 Å². The summed E-state index contributed by atoms with van der Waals surface area (Å²) >= 11 is 1.28. The van der Waals surface area contributed by atoms with Crippen LogP contribution in [0.2, 0.25) is 0 Å². The number of tetrazole rings is 1. The highest BCUT2D eigenvalue weighted by Gasteiger charge is 2.40. The first kappa shape index (κ1) is 25.7. The van der Waals surface area contributed by atoms with E-state index in [1.807, 2.05) is 24.3 Å². The Morgan fingerprint density at radius 1 is 1.07 bits per heavy atom. The average Bonchev–Trinajstić information content (AvgIpc) is 3.58. The van der Waals surface area contributed by atoms with E-state index in [0.29, 0.717) is 41.8 Å². The van der Waals surface area contributed by atoms with E-state index in [0.717, 1.165) is 21.5 Å². The molecular weight excluding hydrogens is 551 g/mol. The van der Waals surface area contributed by atoms with Crippen molar-refractivity contribution >= 4 is 28.0 Å². The summed E-state index contributed by atoms with van der Waals surface area (Å²) in [4.78, 5) is 13.9. The van der Waals surface area contributed by atoms with Crippen molar-refractivity contribution in [3.05, 3.63) is 65.7 Å². The van der Waals surface area contributed by atoms with E-state index in [1.165, 1.54) is 23.5 Å². The van der Waals surface area contributed by atoms with Crippen molar-refractivity contribution in [2.45, 2.75) is 31.3 Å². The fourth-order valence-electron chi connectivity index (χ4n) is 4.72. The van der Waals surface area contributed by atoms with Crippen molar-refractivity contribution < 1.29 is 32.5 Å². The fraction of sp³-hybridized carbons (Fsp3) is 0.280. The van der Waals surface area contributed by atoms with Crippen molar-refractivity contribution in [2.24, 2.45) is 0 Å². The maximum atomic E-state index is 12.6. The van der Waals surface area contributed by atoms with Crippen LogP contribution in [0.3, 0.4) is 0 Å². The average molecular weight is 572 g/mol. The number of carboxylic acid groups (broad SMARTS) is 1. The number of alkyl halides is 3. The highest BCUT2D eigenvalue weighted by Crippen LogP contribution is 2.44. The number of rotatable bonds is 6. The standard InChI is InChI=1S/C25H20F3N7O4S/c26-25(27,28)38-16-7-5-15(6-8-16)18-13-24(39-19-4-2-1-3-17(18)19)9-11-34(12-10-24)23-31-30-22(40-23)21-29-33-35(32-21)14-20(36)37/h1-8,13H,9-12,14H2,(H,36,37). The minimum absolute atomic E-state index is 0.199. The molecule has 0 saturated carbocycles. The molecule has 2 aliphatic heterocycles. The third kappa shape index (κ3) is 5.32. The first-order chi connectivity index (χ1) is 19.2. The van der Waals surface area contributed by atoms with Gasteiger partial charge in [-0.2, -0.15) is 4.80 Å². The number of piperidine rings is 1. The Balaban J connectivity index is 1.21. The number of para-hydroxylation sites is 1. The summed E-state index contributed by atoms with van der Waals surface area (Å²) in [5.74, 6) is -0.458. The van der Waals surface area contributed by atoms with Gasteiger partial charge in [0.25, 0.3) is 0 Å². The van der Waals surface area contributed by atoms with Crippen LogP contribution in [0.25, 0.3) is 16.4 Å². The van der Waals surface area contributed by atoms with E-state index in [4.69, 9.17) is 9.84 Å². The molecule has 6 rings (SSSR count). The Morgan fingerprint density at radius 2 is 1.82 bits per heavy atom. The second kappa shape index (κ2) is 9.89. The number of aromatic nitrogens is 6. The van der Waals surface area contributed by atoms with Gasteiger partial charge in [-0.3, -0.25) is 4.79 Å². The number of fused-ring (bicyclic) bond motifs is 1. The Morgan fingerprint density at radius 3 is 2.55 bits per heavy atom. The maximum Gasteiger partial charge on any atom is 0.573 e. The topological polar surface area (TPSA) is 128 Å². The quantitative estimate of drug-likeness (QED) is 0.362. The van der Waals surface area contributed by atoms with Gasteiger partial charge in [-0.05, 0) is 40.6 Å². The molecule has 1 fully saturated rings. The summed E-state index contributed by atoms with van der Waals surface area (Å²) in [5, 5.41) is 30.0. The second-order valence-electron chi connectivity index (χ2n) is 9.21. The molecule has 4 aromatic rings. The zero-order valence-corrected chi connectivity index (χ0v) is 21.4. The molecule has 1 N–H and O–H groups in total. The number of benzene rings is 2. The van der Waals surface area contributed by atoms with Crippen LogP contribution >= 0.6 is 11.3 Å². The molecule has 1 saturated heterocycles. The largest absolute Gasteiger partial charge is 0.573 e. The van der Waals surface area contributed by atoms with Crippen LogP contribution in [0.4, 0.5) is 18.3 Å². The third-order valence-electron chi connectivity index (χ3n) is 6.51. The van der Waals surface area contributed by atoms with E-state index >= 15 is 0 Å². The molecule has 15 heteroatoms. The fourth-order valence-corrected chi connectivity index (χ4v) is 5.54. The lowest BCUT2D eigenvalue weighted by Crippen LogP contribution is -2.48. The van der Waals surface area contributed by atoms with E-state index in [-0.39, 0.29) is 11.6 Å². The molecule has 2 aliphatic rings. The Labute approximate surface area is 228 Å². The number of halogens is 3. The normalized spacial score (nSPS) is 16.3. The van der Waals surface area contributed by atoms with Crippen LogP contribution < -0.4 is 14.4 Å². The molecule has 0 aliphatic carbocycles. The van der Waals surface area contributed by atoms with Crippen molar-refractivity contribution in [2.75, 3.05) is 18.0 Å². The number of carbonyl (C=O) groups is 1. The monoisotopic (exact) mass is 571 g/mol. The van der Waals surface area contributed by atoms with Crippen molar-refractivity contribution in [1.29, 1.82) is 0 Å². The zero-order valence-electron chi connectivity index (χ0n) is 20.6. The van der Waals surface area contributed by atoms with Gasteiger partial charge in [0, 0.05) is 31.5 Å². The lowest BCUT2D eigenvalue weighted by Gasteiger charge is -2.43. The Hall–Kier alpha value is -4.53. The van der Waals surface area contributed by atoms with Gasteiger partial charge in [-0.15, -0.1) is 33.6 Å². The molecule has 11 nitrogen and oxygen atoms in total. The summed E-state index contributed by atoms with van der Waals surface area (Å²) in [5.41, 5.74) is 1.87. The third-order valence-corrected chi connectivity index (χ3v) is 7.49. The van der Waals surface area contributed by atoms with Crippen LogP contribution in [0, 0.1) is 0 Å². The van der Waals surface area contributed by atoms with Gasteiger partial charge < -0.3 is 19.5 Å².